The minimum Gasteiger partial charge on any atom is -0.0620 e. The van der Waals surface area contributed by atoms with Crippen molar-refractivity contribution in [3.05, 3.63) is 0 Å². The molecule has 0 aliphatic heterocycles. The van der Waals surface area contributed by atoms with E-state index in [4.69, 9.17) is 0 Å². The van der Waals surface area contributed by atoms with Gasteiger partial charge in [0.25, 0.3) is 0 Å². The lowest BCUT2D eigenvalue weighted by Gasteiger charge is -2.58. The maximum Gasteiger partial charge on any atom is -0.0269 e. The molecule has 3 aliphatic carbocycles. The first-order valence-electron chi connectivity index (χ1n) is 9.40. The van der Waals surface area contributed by atoms with Crippen LogP contribution >= 0.6 is 0 Å². The first-order chi connectivity index (χ1) is 9.40. The summed E-state index contributed by atoms with van der Waals surface area (Å²) in [6.07, 6.45) is 16.5. The molecule has 3 aliphatic rings. The van der Waals surface area contributed by atoms with Crippen molar-refractivity contribution in [2.45, 2.75) is 98.3 Å². The van der Waals surface area contributed by atoms with Crippen molar-refractivity contribution >= 4 is 0 Å². The van der Waals surface area contributed by atoms with Crippen LogP contribution in [0.15, 0.2) is 0 Å². The summed E-state index contributed by atoms with van der Waals surface area (Å²) in [6, 6.07) is 0. The zero-order valence-corrected chi connectivity index (χ0v) is 14.4. The third-order valence-electron chi connectivity index (χ3n) is 8.54. The number of fused-ring (bicyclic) bond motifs is 8. The molecule has 0 heteroatoms. The van der Waals surface area contributed by atoms with E-state index in [9.17, 15) is 0 Å². The molecule has 0 nitrogen and oxygen atoms in total. The van der Waals surface area contributed by atoms with E-state index in [-0.39, 0.29) is 0 Å². The highest BCUT2D eigenvalue weighted by atomic mass is 14.6. The largest absolute Gasteiger partial charge is 0.0620 e. The van der Waals surface area contributed by atoms with Gasteiger partial charge in [0.2, 0.25) is 0 Å². The Labute approximate surface area is 127 Å². The predicted molar refractivity (Wildman–Crippen MR) is 87.8 cm³/mol. The molecule has 0 aromatic rings. The number of rotatable bonds is 0. The molecule has 0 saturated heterocycles. The second-order valence-corrected chi connectivity index (χ2v) is 9.42. The molecular formula is C20H36. The number of hydrogen-bond donors (Lipinski definition) is 0. The lowest BCUT2D eigenvalue weighted by molar-refractivity contribution is -0.0800. The fraction of sp³-hybridized carbons (Fsp3) is 1.00. The Hall–Kier alpha value is 0. The Balaban J connectivity index is 2.05. The highest BCUT2D eigenvalue weighted by Gasteiger charge is 2.52. The molecule has 0 aromatic heterocycles. The Morgan fingerprint density at radius 3 is 2.15 bits per heavy atom. The van der Waals surface area contributed by atoms with Crippen molar-refractivity contribution in [1.29, 1.82) is 0 Å². The third-order valence-corrected chi connectivity index (χ3v) is 8.54. The monoisotopic (exact) mass is 276 g/mol. The smallest absolute Gasteiger partial charge is 0.0269 e. The van der Waals surface area contributed by atoms with Gasteiger partial charge in [-0.15, -0.1) is 0 Å². The first kappa shape index (κ1) is 14.9. The molecule has 0 spiro atoms. The molecule has 3 fully saturated rings. The van der Waals surface area contributed by atoms with Gasteiger partial charge in [0.1, 0.15) is 0 Å². The van der Waals surface area contributed by atoms with Crippen molar-refractivity contribution in [1.82, 2.24) is 0 Å². The van der Waals surface area contributed by atoms with Gasteiger partial charge in [0.05, 0.1) is 0 Å². The van der Waals surface area contributed by atoms with Crippen LogP contribution in [0.4, 0.5) is 0 Å². The van der Waals surface area contributed by atoms with Gasteiger partial charge < -0.3 is 0 Å². The molecule has 0 heterocycles. The molecule has 20 heavy (non-hydrogen) atoms. The SMILES string of the molecule is CC1CC2(C)CCCCC1(C)C1CCCCC2(C)CC1. The van der Waals surface area contributed by atoms with Gasteiger partial charge in [0.15, 0.2) is 0 Å². The van der Waals surface area contributed by atoms with Crippen LogP contribution in [0.3, 0.4) is 0 Å². The molecule has 4 bridgehead atoms. The molecule has 116 valence electrons. The Bertz CT molecular complexity index is 357. The molecule has 3 rings (SSSR count). The average molecular weight is 277 g/mol. The van der Waals surface area contributed by atoms with Crippen molar-refractivity contribution < 1.29 is 0 Å². The van der Waals surface area contributed by atoms with Crippen LogP contribution in [0.1, 0.15) is 98.3 Å². The van der Waals surface area contributed by atoms with Crippen LogP contribution in [-0.2, 0) is 0 Å². The molecular weight excluding hydrogens is 240 g/mol. The van der Waals surface area contributed by atoms with Gasteiger partial charge in [-0.3, -0.25) is 0 Å². The minimum atomic E-state index is 0.608. The summed E-state index contributed by atoms with van der Waals surface area (Å²) in [6.45, 7) is 10.6. The Morgan fingerprint density at radius 1 is 0.700 bits per heavy atom. The fourth-order valence-corrected chi connectivity index (χ4v) is 6.36. The van der Waals surface area contributed by atoms with E-state index in [0.29, 0.717) is 16.2 Å². The van der Waals surface area contributed by atoms with E-state index >= 15 is 0 Å². The summed E-state index contributed by atoms with van der Waals surface area (Å²) >= 11 is 0. The summed E-state index contributed by atoms with van der Waals surface area (Å²) in [5, 5.41) is 0. The predicted octanol–water partition coefficient (Wildman–Crippen LogP) is 6.59. The van der Waals surface area contributed by atoms with E-state index < -0.39 is 0 Å². The topological polar surface area (TPSA) is 0 Å². The normalized spacial score (nSPS) is 53.4. The van der Waals surface area contributed by atoms with Crippen LogP contribution in [0, 0.1) is 28.1 Å². The maximum absolute atomic E-state index is 2.67. The molecule has 0 aromatic carbocycles. The number of hydrogen-bond acceptors (Lipinski definition) is 0. The van der Waals surface area contributed by atoms with Crippen molar-refractivity contribution in [3.8, 4) is 0 Å². The van der Waals surface area contributed by atoms with E-state index in [1.54, 1.807) is 0 Å². The van der Waals surface area contributed by atoms with E-state index in [1.807, 2.05) is 0 Å². The van der Waals surface area contributed by atoms with Gasteiger partial charge in [-0.05, 0) is 73.0 Å². The van der Waals surface area contributed by atoms with E-state index in [0.717, 1.165) is 11.8 Å². The van der Waals surface area contributed by atoms with Crippen molar-refractivity contribution in [3.63, 3.8) is 0 Å². The van der Waals surface area contributed by atoms with Crippen molar-refractivity contribution in [2.24, 2.45) is 28.1 Å². The molecule has 3 saturated carbocycles. The first-order valence-corrected chi connectivity index (χ1v) is 9.40. The van der Waals surface area contributed by atoms with Crippen LogP contribution in [0.2, 0.25) is 0 Å². The van der Waals surface area contributed by atoms with Crippen LogP contribution in [0.5, 0.6) is 0 Å². The zero-order valence-electron chi connectivity index (χ0n) is 14.4. The van der Waals surface area contributed by atoms with Gasteiger partial charge in [-0.2, -0.15) is 0 Å². The van der Waals surface area contributed by atoms with Crippen LogP contribution in [0.25, 0.3) is 0 Å². The van der Waals surface area contributed by atoms with Gasteiger partial charge >= 0.3 is 0 Å². The second-order valence-electron chi connectivity index (χ2n) is 9.42. The van der Waals surface area contributed by atoms with Gasteiger partial charge in [0, 0.05) is 0 Å². The Morgan fingerprint density at radius 2 is 1.35 bits per heavy atom. The molecule has 5 unspecified atom stereocenters. The van der Waals surface area contributed by atoms with Crippen molar-refractivity contribution in [2.75, 3.05) is 0 Å². The van der Waals surface area contributed by atoms with Gasteiger partial charge in [-0.1, -0.05) is 53.4 Å². The molecule has 0 radical (unpaired) electrons. The van der Waals surface area contributed by atoms with Gasteiger partial charge in [-0.25, -0.2) is 0 Å². The zero-order chi connectivity index (χ0) is 14.4. The van der Waals surface area contributed by atoms with E-state index in [2.05, 4.69) is 27.7 Å². The molecule has 5 atom stereocenters. The minimum absolute atomic E-state index is 0.608. The lowest BCUT2D eigenvalue weighted by atomic mass is 9.47. The molecule has 0 N–H and O–H groups in total. The summed E-state index contributed by atoms with van der Waals surface area (Å²) in [4.78, 5) is 0. The highest BCUT2D eigenvalue weighted by Crippen LogP contribution is 2.62. The van der Waals surface area contributed by atoms with Crippen LogP contribution in [-0.4, -0.2) is 0 Å². The summed E-state index contributed by atoms with van der Waals surface area (Å²) in [7, 11) is 0. The third kappa shape index (κ3) is 2.17. The highest BCUT2D eigenvalue weighted by molar-refractivity contribution is 5.02. The quantitative estimate of drug-likeness (QED) is 0.438. The maximum atomic E-state index is 2.67. The Kier molecular flexibility index (Phi) is 3.75. The lowest BCUT2D eigenvalue weighted by Crippen LogP contribution is -2.48. The van der Waals surface area contributed by atoms with E-state index in [1.165, 1.54) is 70.6 Å². The summed E-state index contributed by atoms with van der Waals surface area (Å²) < 4.78 is 0. The average Bonchev–Trinajstić information content (AvgIpc) is 2.37. The molecule has 0 amide bonds. The standard InChI is InChI=1S/C20H36/c1-16-15-19(3)12-7-8-13-20(16,4)17-9-5-6-11-18(19,2)14-10-17/h16-17H,5-15H2,1-4H3. The second kappa shape index (κ2) is 5.03. The fourth-order valence-electron chi connectivity index (χ4n) is 6.36. The summed E-state index contributed by atoms with van der Waals surface area (Å²) in [5.74, 6) is 1.94. The summed E-state index contributed by atoms with van der Waals surface area (Å²) in [5.41, 5.74) is 1.87. The van der Waals surface area contributed by atoms with Crippen LogP contribution < -0.4 is 0 Å².